The first kappa shape index (κ1) is 36.4. The van der Waals surface area contributed by atoms with E-state index < -0.39 is 0 Å². The largest absolute Gasteiger partial charge is 0.208 e. The van der Waals surface area contributed by atoms with Crippen LogP contribution in [0.4, 0.5) is 0 Å². The standard InChI is InChI=1S/C54H38N6/c1-5-17-37(18-6-1)49-55-50(38-19-7-2-8-20-38)58-53(57-49)47-31-15-29-45(35-47)43-27-13-25-41(33-43)42-26-14-28-44(34-42)46-30-16-32-48(36-46)54-59-51(39-21-9-3-10-22-39)56-52(60-54)40-23-11-4-12-24-40/h1-25,27-36,42H,26H2. The predicted octanol–water partition coefficient (Wildman–Crippen LogP) is 12.9. The van der Waals surface area contributed by atoms with Crippen molar-refractivity contribution >= 4 is 5.57 Å². The van der Waals surface area contributed by atoms with Crippen molar-refractivity contribution in [3.05, 3.63) is 223 Å². The van der Waals surface area contributed by atoms with Crippen molar-refractivity contribution in [2.75, 3.05) is 0 Å². The summed E-state index contributed by atoms with van der Waals surface area (Å²) in [6.45, 7) is 0. The Kier molecular flexibility index (Phi) is 10.00. The van der Waals surface area contributed by atoms with Gasteiger partial charge in [0, 0.05) is 39.3 Å². The number of hydrogen-bond acceptors (Lipinski definition) is 6. The molecule has 0 spiro atoms. The van der Waals surface area contributed by atoms with E-state index in [1.54, 1.807) is 0 Å². The minimum atomic E-state index is 0.203. The molecule has 0 radical (unpaired) electrons. The zero-order valence-electron chi connectivity index (χ0n) is 32.7. The summed E-state index contributed by atoms with van der Waals surface area (Å²) in [5.41, 5.74) is 11.4. The van der Waals surface area contributed by atoms with E-state index >= 15 is 0 Å². The molecule has 1 atom stereocenters. The second-order valence-electron chi connectivity index (χ2n) is 14.7. The van der Waals surface area contributed by atoms with Gasteiger partial charge in [0.25, 0.3) is 0 Å². The van der Waals surface area contributed by atoms with Crippen molar-refractivity contribution in [1.82, 2.24) is 29.9 Å². The highest BCUT2D eigenvalue weighted by molar-refractivity contribution is 5.79. The molecule has 2 aromatic heterocycles. The SMILES string of the molecule is C1=CC(c2cccc(-c3nc(-c4ccccc4)nc(-c4ccccc4)n3)c2)=CC(c2cccc(-c3cccc(-c4nc(-c5ccccc5)nc(-c5ccccc5)n4)c3)c2)C1. The van der Waals surface area contributed by atoms with Gasteiger partial charge in [-0.2, -0.15) is 0 Å². The summed E-state index contributed by atoms with van der Waals surface area (Å²) >= 11 is 0. The highest BCUT2D eigenvalue weighted by Gasteiger charge is 2.18. The predicted molar refractivity (Wildman–Crippen MR) is 242 cm³/mol. The molecule has 1 unspecified atom stereocenters. The molecule has 0 saturated heterocycles. The molecule has 6 nitrogen and oxygen atoms in total. The smallest absolute Gasteiger partial charge is 0.164 e. The van der Waals surface area contributed by atoms with E-state index in [4.69, 9.17) is 29.9 Å². The highest BCUT2D eigenvalue weighted by atomic mass is 15.0. The van der Waals surface area contributed by atoms with Crippen LogP contribution in [0, 0.1) is 0 Å². The van der Waals surface area contributed by atoms with E-state index in [2.05, 4.69) is 91.0 Å². The minimum absolute atomic E-state index is 0.203. The molecule has 1 aliphatic rings. The van der Waals surface area contributed by atoms with Crippen molar-refractivity contribution in [2.45, 2.75) is 12.3 Å². The van der Waals surface area contributed by atoms with Crippen LogP contribution < -0.4 is 0 Å². The number of benzene rings is 7. The fourth-order valence-corrected chi connectivity index (χ4v) is 7.61. The third-order valence-corrected chi connectivity index (χ3v) is 10.7. The molecule has 1 aliphatic carbocycles. The van der Waals surface area contributed by atoms with Gasteiger partial charge in [-0.1, -0.05) is 200 Å². The lowest BCUT2D eigenvalue weighted by molar-refractivity contribution is 0.857. The molecule has 0 aliphatic heterocycles. The third kappa shape index (κ3) is 7.82. The lowest BCUT2D eigenvalue weighted by Gasteiger charge is -2.19. The molecule has 0 N–H and O–H groups in total. The quantitative estimate of drug-likeness (QED) is 0.145. The summed E-state index contributed by atoms with van der Waals surface area (Å²) in [6, 6.07) is 66.2. The van der Waals surface area contributed by atoms with Crippen LogP contribution in [-0.4, -0.2) is 29.9 Å². The topological polar surface area (TPSA) is 77.3 Å². The molecule has 6 heteroatoms. The number of rotatable bonds is 9. The van der Waals surface area contributed by atoms with Gasteiger partial charge in [-0.3, -0.25) is 0 Å². The van der Waals surface area contributed by atoms with E-state index in [0.29, 0.717) is 34.9 Å². The molecule has 60 heavy (non-hydrogen) atoms. The first-order chi connectivity index (χ1) is 29.7. The fourth-order valence-electron chi connectivity index (χ4n) is 7.61. The zero-order valence-corrected chi connectivity index (χ0v) is 32.7. The second-order valence-corrected chi connectivity index (χ2v) is 14.7. The number of hydrogen-bond donors (Lipinski definition) is 0. The molecule has 10 rings (SSSR count). The molecule has 9 aromatic rings. The zero-order chi connectivity index (χ0) is 40.1. The van der Waals surface area contributed by atoms with Crippen LogP contribution in [0.2, 0.25) is 0 Å². The molecule has 0 fully saturated rings. The van der Waals surface area contributed by atoms with E-state index in [1.165, 1.54) is 11.1 Å². The average molecular weight is 771 g/mol. The lowest BCUT2D eigenvalue weighted by atomic mass is 9.86. The van der Waals surface area contributed by atoms with Crippen molar-refractivity contribution in [2.24, 2.45) is 0 Å². The molecule has 0 bridgehead atoms. The number of nitrogens with zero attached hydrogens (tertiary/aromatic N) is 6. The van der Waals surface area contributed by atoms with Crippen LogP contribution in [0.3, 0.4) is 0 Å². The first-order valence-corrected chi connectivity index (χ1v) is 20.1. The number of allylic oxidation sites excluding steroid dienone is 4. The Morgan fingerprint density at radius 1 is 0.300 bits per heavy atom. The highest BCUT2D eigenvalue weighted by Crippen LogP contribution is 2.36. The van der Waals surface area contributed by atoms with Crippen LogP contribution >= 0.6 is 0 Å². The molecule has 0 saturated carbocycles. The minimum Gasteiger partial charge on any atom is -0.208 e. The Morgan fingerprint density at radius 2 is 0.633 bits per heavy atom. The second kappa shape index (κ2) is 16.5. The third-order valence-electron chi connectivity index (χ3n) is 10.7. The Hall–Kier alpha value is -7.96. The van der Waals surface area contributed by atoms with E-state index in [0.717, 1.165) is 56.5 Å². The van der Waals surface area contributed by atoms with Crippen LogP contribution in [-0.2, 0) is 0 Å². The maximum absolute atomic E-state index is 4.98. The summed E-state index contributed by atoms with van der Waals surface area (Å²) in [6.07, 6.45) is 7.80. The van der Waals surface area contributed by atoms with E-state index in [-0.39, 0.29) is 5.92 Å². The summed E-state index contributed by atoms with van der Waals surface area (Å²) in [5, 5.41) is 0. The van der Waals surface area contributed by atoms with Crippen LogP contribution in [0.25, 0.3) is 85.0 Å². The summed E-state index contributed by atoms with van der Waals surface area (Å²) in [5.74, 6) is 4.07. The van der Waals surface area contributed by atoms with Gasteiger partial charge in [0.15, 0.2) is 34.9 Å². The van der Waals surface area contributed by atoms with Crippen molar-refractivity contribution in [3.63, 3.8) is 0 Å². The maximum Gasteiger partial charge on any atom is 0.164 e. The molecule has 7 aromatic carbocycles. The Morgan fingerprint density at radius 3 is 1.08 bits per heavy atom. The van der Waals surface area contributed by atoms with Gasteiger partial charge in [0.2, 0.25) is 0 Å². The van der Waals surface area contributed by atoms with Gasteiger partial charge in [0.1, 0.15) is 0 Å². The Bertz CT molecular complexity index is 2880. The monoisotopic (exact) mass is 770 g/mol. The Balaban J connectivity index is 0.959. The Labute approximate surface area is 349 Å². The molecule has 284 valence electrons. The van der Waals surface area contributed by atoms with E-state index in [9.17, 15) is 0 Å². The van der Waals surface area contributed by atoms with Crippen molar-refractivity contribution in [3.8, 4) is 79.5 Å². The normalized spacial score (nSPS) is 13.5. The first-order valence-electron chi connectivity index (χ1n) is 20.1. The fraction of sp³-hybridized carbons (Fsp3) is 0.0370. The maximum atomic E-state index is 4.98. The molecular formula is C54H38N6. The van der Waals surface area contributed by atoms with Gasteiger partial charge in [0.05, 0.1) is 0 Å². The van der Waals surface area contributed by atoms with Crippen molar-refractivity contribution < 1.29 is 0 Å². The van der Waals surface area contributed by atoms with Gasteiger partial charge in [-0.25, -0.2) is 29.9 Å². The molecule has 0 amide bonds. The summed E-state index contributed by atoms with van der Waals surface area (Å²) in [4.78, 5) is 29.7. The summed E-state index contributed by atoms with van der Waals surface area (Å²) in [7, 11) is 0. The summed E-state index contributed by atoms with van der Waals surface area (Å²) < 4.78 is 0. The van der Waals surface area contributed by atoms with Crippen LogP contribution in [0.1, 0.15) is 23.5 Å². The number of aromatic nitrogens is 6. The van der Waals surface area contributed by atoms with Gasteiger partial charge in [-0.05, 0) is 46.4 Å². The van der Waals surface area contributed by atoms with Crippen LogP contribution in [0.5, 0.6) is 0 Å². The van der Waals surface area contributed by atoms with Gasteiger partial charge >= 0.3 is 0 Å². The average Bonchev–Trinajstić information content (AvgIpc) is 3.35. The molecule has 2 heterocycles. The van der Waals surface area contributed by atoms with Crippen LogP contribution in [0.15, 0.2) is 212 Å². The molecular weight excluding hydrogens is 733 g/mol. The van der Waals surface area contributed by atoms with Gasteiger partial charge < -0.3 is 0 Å². The lowest BCUT2D eigenvalue weighted by Crippen LogP contribution is -2.01. The van der Waals surface area contributed by atoms with E-state index in [1.807, 2.05) is 121 Å². The van der Waals surface area contributed by atoms with Crippen molar-refractivity contribution in [1.29, 1.82) is 0 Å². The van der Waals surface area contributed by atoms with Gasteiger partial charge in [-0.15, -0.1) is 0 Å².